The molecule has 2 aromatic rings. The van der Waals surface area contributed by atoms with Crippen LogP contribution in [0.2, 0.25) is 0 Å². The van der Waals surface area contributed by atoms with Crippen LogP contribution in [-0.2, 0) is 0 Å². The summed E-state index contributed by atoms with van der Waals surface area (Å²) in [5.41, 5.74) is 3.17. The molecule has 94 valence electrons. The summed E-state index contributed by atoms with van der Waals surface area (Å²) < 4.78 is 14.4. The maximum Gasteiger partial charge on any atom is 0.123 e. The first-order valence-corrected chi connectivity index (χ1v) is 6.60. The SMILES string of the molecule is CNC(c1ccc(Br)cc1)c1cc(F)ccc1C. The number of benzene rings is 2. The van der Waals surface area contributed by atoms with Gasteiger partial charge in [-0.2, -0.15) is 0 Å². The molecule has 0 fully saturated rings. The molecule has 1 N–H and O–H groups in total. The normalized spacial score (nSPS) is 12.4. The van der Waals surface area contributed by atoms with Gasteiger partial charge in [-0.15, -0.1) is 0 Å². The van der Waals surface area contributed by atoms with Crippen molar-refractivity contribution in [3.8, 4) is 0 Å². The van der Waals surface area contributed by atoms with E-state index in [0.717, 1.165) is 21.2 Å². The summed E-state index contributed by atoms with van der Waals surface area (Å²) in [7, 11) is 1.89. The Morgan fingerprint density at radius 1 is 1.11 bits per heavy atom. The van der Waals surface area contributed by atoms with E-state index in [0.29, 0.717) is 0 Å². The molecule has 0 heterocycles. The summed E-state index contributed by atoms with van der Waals surface area (Å²) in [4.78, 5) is 0. The highest BCUT2D eigenvalue weighted by Gasteiger charge is 2.14. The summed E-state index contributed by atoms with van der Waals surface area (Å²) in [6, 6.07) is 13.0. The number of hydrogen-bond acceptors (Lipinski definition) is 1. The lowest BCUT2D eigenvalue weighted by atomic mass is 9.95. The number of rotatable bonds is 3. The van der Waals surface area contributed by atoms with Gasteiger partial charge in [-0.3, -0.25) is 0 Å². The van der Waals surface area contributed by atoms with Crippen molar-refractivity contribution in [1.82, 2.24) is 5.32 Å². The average Bonchev–Trinajstić information content (AvgIpc) is 2.37. The third-order valence-electron chi connectivity index (χ3n) is 3.04. The maximum atomic E-state index is 13.4. The Balaban J connectivity index is 2.44. The molecule has 0 aliphatic rings. The van der Waals surface area contributed by atoms with Crippen molar-refractivity contribution in [3.63, 3.8) is 0 Å². The molecule has 0 saturated heterocycles. The Morgan fingerprint density at radius 2 is 1.78 bits per heavy atom. The van der Waals surface area contributed by atoms with Gasteiger partial charge in [0.15, 0.2) is 0 Å². The van der Waals surface area contributed by atoms with Crippen LogP contribution in [0.15, 0.2) is 46.9 Å². The molecule has 1 unspecified atom stereocenters. The molecule has 0 aromatic heterocycles. The predicted molar refractivity (Wildman–Crippen MR) is 76.2 cm³/mol. The highest BCUT2D eigenvalue weighted by Crippen LogP contribution is 2.26. The quantitative estimate of drug-likeness (QED) is 0.896. The molecular formula is C15H15BrFN. The average molecular weight is 308 g/mol. The van der Waals surface area contributed by atoms with E-state index in [4.69, 9.17) is 0 Å². The molecule has 1 atom stereocenters. The molecule has 0 saturated carbocycles. The van der Waals surface area contributed by atoms with E-state index >= 15 is 0 Å². The molecule has 0 aliphatic carbocycles. The largest absolute Gasteiger partial charge is 0.309 e. The van der Waals surface area contributed by atoms with Crippen LogP contribution in [0, 0.1) is 12.7 Å². The van der Waals surface area contributed by atoms with E-state index in [-0.39, 0.29) is 11.9 Å². The smallest absolute Gasteiger partial charge is 0.123 e. The van der Waals surface area contributed by atoms with Crippen LogP contribution in [-0.4, -0.2) is 7.05 Å². The zero-order valence-electron chi connectivity index (χ0n) is 10.4. The van der Waals surface area contributed by atoms with Gasteiger partial charge < -0.3 is 5.32 Å². The minimum absolute atomic E-state index is 0.00815. The van der Waals surface area contributed by atoms with Gasteiger partial charge in [-0.05, 0) is 54.9 Å². The van der Waals surface area contributed by atoms with Crippen LogP contribution in [0.4, 0.5) is 4.39 Å². The minimum Gasteiger partial charge on any atom is -0.309 e. The summed E-state index contributed by atoms with van der Waals surface area (Å²) in [5, 5.41) is 3.24. The van der Waals surface area contributed by atoms with Gasteiger partial charge in [0.2, 0.25) is 0 Å². The lowest BCUT2D eigenvalue weighted by molar-refractivity contribution is 0.615. The summed E-state index contributed by atoms with van der Waals surface area (Å²) in [5.74, 6) is -0.201. The van der Waals surface area contributed by atoms with Crippen molar-refractivity contribution in [3.05, 3.63) is 69.4 Å². The third-order valence-corrected chi connectivity index (χ3v) is 3.57. The number of halogens is 2. The second-order valence-electron chi connectivity index (χ2n) is 4.27. The van der Waals surface area contributed by atoms with Gasteiger partial charge >= 0.3 is 0 Å². The van der Waals surface area contributed by atoms with E-state index in [9.17, 15) is 4.39 Å². The standard InChI is InChI=1S/C15H15BrFN/c1-10-3-8-13(17)9-14(10)15(18-2)11-4-6-12(16)7-5-11/h3-9,15,18H,1-2H3. The molecule has 0 spiro atoms. The molecule has 1 nitrogen and oxygen atoms in total. The third kappa shape index (κ3) is 2.79. The minimum atomic E-state index is -0.201. The Labute approximate surface area is 115 Å². The van der Waals surface area contributed by atoms with Crippen molar-refractivity contribution in [1.29, 1.82) is 0 Å². The number of hydrogen-bond donors (Lipinski definition) is 1. The summed E-state index contributed by atoms with van der Waals surface area (Å²) in [6.07, 6.45) is 0. The van der Waals surface area contributed by atoms with Crippen molar-refractivity contribution in [2.24, 2.45) is 0 Å². The maximum absolute atomic E-state index is 13.4. The molecule has 2 aromatic carbocycles. The van der Waals surface area contributed by atoms with Crippen molar-refractivity contribution >= 4 is 15.9 Å². The van der Waals surface area contributed by atoms with Gasteiger partial charge in [0.1, 0.15) is 5.82 Å². The molecular weight excluding hydrogens is 293 g/mol. The fourth-order valence-electron chi connectivity index (χ4n) is 2.08. The number of aryl methyl sites for hydroxylation is 1. The monoisotopic (exact) mass is 307 g/mol. The fourth-order valence-corrected chi connectivity index (χ4v) is 2.34. The van der Waals surface area contributed by atoms with E-state index in [2.05, 4.69) is 21.2 Å². The van der Waals surface area contributed by atoms with Crippen molar-refractivity contribution in [2.75, 3.05) is 7.05 Å². The van der Waals surface area contributed by atoms with Crippen LogP contribution >= 0.6 is 15.9 Å². The van der Waals surface area contributed by atoms with Crippen LogP contribution < -0.4 is 5.32 Å². The van der Waals surface area contributed by atoms with E-state index in [1.807, 2.05) is 44.3 Å². The van der Waals surface area contributed by atoms with Gasteiger partial charge in [0, 0.05) is 4.47 Å². The van der Waals surface area contributed by atoms with Gasteiger partial charge in [-0.25, -0.2) is 4.39 Å². The van der Waals surface area contributed by atoms with Crippen LogP contribution in [0.3, 0.4) is 0 Å². The summed E-state index contributed by atoms with van der Waals surface area (Å²) in [6.45, 7) is 2.00. The second-order valence-corrected chi connectivity index (χ2v) is 5.19. The molecule has 0 bridgehead atoms. The fraction of sp³-hybridized carbons (Fsp3) is 0.200. The van der Waals surface area contributed by atoms with Gasteiger partial charge in [-0.1, -0.05) is 34.1 Å². The van der Waals surface area contributed by atoms with Crippen molar-refractivity contribution < 1.29 is 4.39 Å². The predicted octanol–water partition coefficient (Wildman–Crippen LogP) is 4.21. The second kappa shape index (κ2) is 5.63. The lowest BCUT2D eigenvalue weighted by Gasteiger charge is -2.19. The molecule has 0 aliphatic heterocycles. The zero-order valence-corrected chi connectivity index (χ0v) is 12.0. The van der Waals surface area contributed by atoms with Gasteiger partial charge in [0.05, 0.1) is 6.04 Å². The Kier molecular flexibility index (Phi) is 4.15. The first-order valence-electron chi connectivity index (χ1n) is 5.80. The highest BCUT2D eigenvalue weighted by molar-refractivity contribution is 9.10. The molecule has 0 radical (unpaired) electrons. The molecule has 3 heteroatoms. The zero-order chi connectivity index (χ0) is 13.1. The van der Waals surface area contributed by atoms with E-state index in [1.165, 1.54) is 6.07 Å². The first-order chi connectivity index (χ1) is 8.61. The van der Waals surface area contributed by atoms with Crippen LogP contribution in [0.5, 0.6) is 0 Å². The topological polar surface area (TPSA) is 12.0 Å². The first kappa shape index (κ1) is 13.2. The lowest BCUT2D eigenvalue weighted by Crippen LogP contribution is -2.18. The van der Waals surface area contributed by atoms with Crippen LogP contribution in [0.25, 0.3) is 0 Å². The van der Waals surface area contributed by atoms with E-state index < -0.39 is 0 Å². The Bertz CT molecular complexity index is 537. The Morgan fingerprint density at radius 3 is 2.39 bits per heavy atom. The molecule has 0 amide bonds. The summed E-state index contributed by atoms with van der Waals surface area (Å²) >= 11 is 3.42. The highest BCUT2D eigenvalue weighted by atomic mass is 79.9. The Hall–Kier alpha value is -1.19. The van der Waals surface area contributed by atoms with E-state index in [1.54, 1.807) is 6.07 Å². The molecule has 2 rings (SSSR count). The molecule has 18 heavy (non-hydrogen) atoms. The number of nitrogens with one attached hydrogen (secondary N) is 1. The van der Waals surface area contributed by atoms with Gasteiger partial charge in [0.25, 0.3) is 0 Å². The van der Waals surface area contributed by atoms with Crippen molar-refractivity contribution in [2.45, 2.75) is 13.0 Å². The van der Waals surface area contributed by atoms with Crippen LogP contribution in [0.1, 0.15) is 22.7 Å².